The fourth-order valence-electron chi connectivity index (χ4n) is 1.56. The highest BCUT2D eigenvalue weighted by Crippen LogP contribution is 2.15. The number of aryl methyl sites for hydroxylation is 1. The van der Waals surface area contributed by atoms with E-state index >= 15 is 0 Å². The smallest absolute Gasteiger partial charge is 0.343 e. The maximum Gasteiger partial charge on any atom is 0.343 e. The van der Waals surface area contributed by atoms with E-state index in [0.29, 0.717) is 6.54 Å². The molecular weight excluding hydrogens is 282 g/mol. The first-order valence-electron chi connectivity index (χ1n) is 5.80. The minimum atomic E-state index is -0.800. The van der Waals surface area contributed by atoms with Crippen LogP contribution in [0.25, 0.3) is 0 Å². The van der Waals surface area contributed by atoms with Crippen LogP contribution in [0.3, 0.4) is 0 Å². The molecule has 0 fully saturated rings. The van der Waals surface area contributed by atoms with Gasteiger partial charge in [0.05, 0.1) is 11.8 Å². The van der Waals surface area contributed by atoms with Crippen LogP contribution >= 0.6 is 0 Å². The first-order chi connectivity index (χ1) is 9.92. The zero-order chi connectivity index (χ0) is 15.6. The molecule has 2 aromatic rings. The van der Waals surface area contributed by atoms with Crippen LogP contribution in [0.4, 0.5) is 11.5 Å². The molecule has 11 nitrogen and oxygen atoms in total. The number of carbonyl (C=O) groups is 2. The van der Waals surface area contributed by atoms with Crippen LogP contribution in [0.2, 0.25) is 0 Å². The number of aromatic nitrogens is 4. The average molecular weight is 293 g/mol. The van der Waals surface area contributed by atoms with Crippen molar-refractivity contribution in [1.29, 1.82) is 0 Å². The molecule has 0 aliphatic carbocycles. The molecule has 21 heavy (non-hydrogen) atoms. The van der Waals surface area contributed by atoms with Gasteiger partial charge in [0.15, 0.2) is 11.4 Å². The molecule has 4 N–H and O–H groups in total. The van der Waals surface area contributed by atoms with Crippen molar-refractivity contribution in [3.05, 3.63) is 33.8 Å². The second-order valence-electron chi connectivity index (χ2n) is 3.96. The highest BCUT2D eigenvalue weighted by Gasteiger charge is 2.20. The van der Waals surface area contributed by atoms with E-state index in [1.165, 1.54) is 10.9 Å². The lowest BCUT2D eigenvalue weighted by molar-refractivity contribution is -0.389. The molecule has 0 unspecified atom stereocenters. The van der Waals surface area contributed by atoms with Gasteiger partial charge in [-0.15, -0.1) is 5.10 Å². The standard InChI is InChI=1S/C10H11N7O4/c1-2-16-4-6(8(15-16)9(11)18)12-10(19)5-3-7(14-13-5)17(20)21/h3-4H,2H2,1H3,(H2,11,18)(H,12,19)(H,13,14). The third kappa shape index (κ3) is 2.86. The number of carbonyl (C=O) groups excluding carboxylic acids is 2. The summed E-state index contributed by atoms with van der Waals surface area (Å²) in [7, 11) is 0. The minimum Gasteiger partial charge on any atom is -0.364 e. The first kappa shape index (κ1) is 14.2. The number of anilines is 1. The van der Waals surface area contributed by atoms with E-state index in [9.17, 15) is 19.7 Å². The largest absolute Gasteiger partial charge is 0.364 e. The van der Waals surface area contributed by atoms with Gasteiger partial charge in [-0.1, -0.05) is 5.10 Å². The van der Waals surface area contributed by atoms with Gasteiger partial charge in [-0.3, -0.25) is 14.3 Å². The predicted molar refractivity (Wildman–Crippen MR) is 69.6 cm³/mol. The van der Waals surface area contributed by atoms with Gasteiger partial charge in [-0.05, 0) is 11.8 Å². The van der Waals surface area contributed by atoms with Gasteiger partial charge in [-0.25, -0.2) is 0 Å². The van der Waals surface area contributed by atoms with Gasteiger partial charge >= 0.3 is 5.82 Å². The minimum absolute atomic E-state index is 0.102. The van der Waals surface area contributed by atoms with Crippen LogP contribution in [0.15, 0.2) is 12.3 Å². The summed E-state index contributed by atoms with van der Waals surface area (Å²) in [5.74, 6) is -1.94. The Morgan fingerprint density at radius 2 is 2.29 bits per heavy atom. The Labute approximate surface area is 117 Å². The van der Waals surface area contributed by atoms with Crippen molar-refractivity contribution in [3.8, 4) is 0 Å². The van der Waals surface area contributed by atoms with Crippen LogP contribution < -0.4 is 11.1 Å². The molecule has 0 saturated heterocycles. The van der Waals surface area contributed by atoms with Gasteiger partial charge in [0.25, 0.3) is 11.8 Å². The number of nitrogens with two attached hydrogens (primary N) is 1. The third-order valence-corrected chi connectivity index (χ3v) is 2.56. The van der Waals surface area contributed by atoms with E-state index in [0.717, 1.165) is 6.07 Å². The quantitative estimate of drug-likeness (QED) is 0.514. The number of H-pyrrole nitrogens is 1. The highest BCUT2D eigenvalue weighted by molar-refractivity contribution is 6.07. The van der Waals surface area contributed by atoms with Crippen molar-refractivity contribution in [2.45, 2.75) is 13.5 Å². The van der Waals surface area contributed by atoms with Crippen molar-refractivity contribution in [3.63, 3.8) is 0 Å². The summed E-state index contributed by atoms with van der Waals surface area (Å²) in [5.41, 5.74) is 4.98. The van der Waals surface area contributed by atoms with Crippen molar-refractivity contribution < 1.29 is 14.5 Å². The summed E-state index contributed by atoms with van der Waals surface area (Å²) in [4.78, 5) is 33.0. The van der Waals surface area contributed by atoms with Crippen LogP contribution in [0.1, 0.15) is 27.9 Å². The van der Waals surface area contributed by atoms with Crippen molar-refractivity contribution in [2.24, 2.45) is 5.73 Å². The lowest BCUT2D eigenvalue weighted by Gasteiger charge is -1.99. The van der Waals surface area contributed by atoms with Crippen molar-refractivity contribution in [2.75, 3.05) is 5.32 Å². The van der Waals surface area contributed by atoms with E-state index in [1.54, 1.807) is 6.92 Å². The molecule has 0 aliphatic rings. The van der Waals surface area contributed by atoms with E-state index in [2.05, 4.69) is 20.6 Å². The summed E-state index contributed by atoms with van der Waals surface area (Å²) in [6.45, 7) is 2.27. The number of nitrogens with zero attached hydrogens (tertiary/aromatic N) is 4. The van der Waals surface area contributed by atoms with Gasteiger partial charge in [0.1, 0.15) is 0 Å². The number of rotatable bonds is 5. The molecule has 0 aliphatic heterocycles. The molecule has 110 valence electrons. The predicted octanol–water partition coefficient (Wildman–Crippen LogP) is -0.115. The molecule has 0 aromatic carbocycles. The van der Waals surface area contributed by atoms with Crippen molar-refractivity contribution in [1.82, 2.24) is 20.0 Å². The number of nitrogens with one attached hydrogen (secondary N) is 2. The number of amides is 2. The molecule has 0 saturated carbocycles. The Balaban J connectivity index is 2.24. The Bertz CT molecular complexity index is 717. The van der Waals surface area contributed by atoms with Crippen LogP contribution in [0, 0.1) is 10.1 Å². The molecule has 11 heteroatoms. The van der Waals surface area contributed by atoms with Crippen molar-refractivity contribution >= 4 is 23.3 Å². The maximum absolute atomic E-state index is 11.9. The molecule has 0 atom stereocenters. The Hall–Kier alpha value is -3.24. The normalized spacial score (nSPS) is 10.3. The SMILES string of the molecule is CCn1cc(NC(=O)c2cc([N+](=O)[O-])[nH]n2)c(C(N)=O)n1. The second kappa shape index (κ2) is 5.40. The average Bonchev–Trinajstić information content (AvgIpc) is 3.04. The topological polar surface area (TPSA) is 162 Å². The number of nitro groups is 1. The lowest BCUT2D eigenvalue weighted by Crippen LogP contribution is -2.18. The van der Waals surface area contributed by atoms with E-state index < -0.39 is 22.6 Å². The second-order valence-corrected chi connectivity index (χ2v) is 3.96. The van der Waals surface area contributed by atoms with E-state index in [4.69, 9.17) is 5.73 Å². The number of hydrogen-bond donors (Lipinski definition) is 3. The molecule has 0 radical (unpaired) electrons. The summed E-state index contributed by atoms with van der Waals surface area (Å²) in [6.07, 6.45) is 1.43. The number of hydrogen-bond acceptors (Lipinski definition) is 6. The maximum atomic E-state index is 11.9. The van der Waals surface area contributed by atoms with Crippen LogP contribution in [-0.4, -0.2) is 36.7 Å². The molecule has 0 spiro atoms. The zero-order valence-corrected chi connectivity index (χ0v) is 10.9. The summed E-state index contributed by atoms with van der Waals surface area (Å²) in [5, 5.41) is 22.4. The number of primary amides is 1. The molecule has 2 amide bonds. The molecule has 0 bridgehead atoms. The summed E-state index contributed by atoms with van der Waals surface area (Å²) < 4.78 is 1.42. The lowest BCUT2D eigenvalue weighted by atomic mass is 10.3. The molecule has 2 aromatic heterocycles. The fraction of sp³-hybridized carbons (Fsp3) is 0.200. The Morgan fingerprint density at radius 1 is 1.57 bits per heavy atom. The van der Waals surface area contributed by atoms with Gasteiger partial charge in [0.2, 0.25) is 0 Å². The van der Waals surface area contributed by atoms with Gasteiger partial charge in [-0.2, -0.15) is 5.10 Å². The Kier molecular flexibility index (Phi) is 3.65. The van der Waals surface area contributed by atoms with E-state index in [1.807, 2.05) is 0 Å². The zero-order valence-electron chi connectivity index (χ0n) is 10.9. The molecular formula is C10H11N7O4. The summed E-state index contributed by atoms with van der Waals surface area (Å²) in [6, 6.07) is 0.976. The van der Waals surface area contributed by atoms with Crippen LogP contribution in [-0.2, 0) is 6.54 Å². The molecule has 2 heterocycles. The van der Waals surface area contributed by atoms with E-state index in [-0.39, 0.29) is 17.1 Å². The number of aromatic amines is 1. The highest BCUT2D eigenvalue weighted by atomic mass is 16.6. The van der Waals surface area contributed by atoms with Gasteiger partial charge in [0, 0.05) is 12.7 Å². The monoisotopic (exact) mass is 293 g/mol. The van der Waals surface area contributed by atoms with Crippen LogP contribution in [0.5, 0.6) is 0 Å². The third-order valence-electron chi connectivity index (χ3n) is 2.56. The van der Waals surface area contributed by atoms with Gasteiger partial charge < -0.3 is 21.2 Å². The first-order valence-corrected chi connectivity index (χ1v) is 5.80. The Morgan fingerprint density at radius 3 is 2.81 bits per heavy atom. The molecule has 2 rings (SSSR count). The fourth-order valence-corrected chi connectivity index (χ4v) is 1.56. The summed E-state index contributed by atoms with van der Waals surface area (Å²) >= 11 is 0.